The lowest BCUT2D eigenvalue weighted by Gasteiger charge is -2.14. The van der Waals surface area contributed by atoms with Crippen LogP contribution in [0.25, 0.3) is 0 Å². The fourth-order valence-electron chi connectivity index (χ4n) is 1.81. The number of aryl methyl sites for hydroxylation is 1. The molecule has 1 N–H and O–H groups in total. The van der Waals surface area contributed by atoms with Gasteiger partial charge in [-0.3, -0.25) is 4.79 Å². The second kappa shape index (κ2) is 6.08. The number of tetrazole rings is 1. The fourth-order valence-corrected chi connectivity index (χ4v) is 1.81. The molecule has 1 aromatic heterocycles. The van der Waals surface area contributed by atoms with Gasteiger partial charge in [-0.15, -0.1) is 5.10 Å². The van der Waals surface area contributed by atoms with Crippen molar-refractivity contribution in [3.05, 3.63) is 41.7 Å². The lowest BCUT2D eigenvalue weighted by molar-refractivity contribution is -0.122. The van der Waals surface area contributed by atoms with Crippen molar-refractivity contribution in [3.63, 3.8) is 0 Å². The molecule has 0 radical (unpaired) electrons. The first kappa shape index (κ1) is 13.2. The summed E-state index contributed by atoms with van der Waals surface area (Å²) in [5.74, 6) is -0.112. The summed E-state index contributed by atoms with van der Waals surface area (Å²) in [6.07, 6.45) is 2.43. The largest absolute Gasteiger partial charge is 0.348 e. The van der Waals surface area contributed by atoms with E-state index < -0.39 is 0 Å². The molecule has 0 saturated carbocycles. The summed E-state index contributed by atoms with van der Waals surface area (Å²) in [5.41, 5.74) is 2.37. The Kier molecular flexibility index (Phi) is 4.22. The van der Waals surface area contributed by atoms with Gasteiger partial charge in [-0.05, 0) is 34.9 Å². The van der Waals surface area contributed by atoms with Crippen LogP contribution in [-0.2, 0) is 17.8 Å². The number of amides is 1. The van der Waals surface area contributed by atoms with Crippen LogP contribution in [0, 0.1) is 0 Å². The maximum absolute atomic E-state index is 11.8. The number of carbonyl (C=O) groups excluding carboxylic acids is 1. The summed E-state index contributed by atoms with van der Waals surface area (Å²) in [6, 6.07) is 8.22. The quantitative estimate of drug-likeness (QED) is 0.873. The second-order valence-electron chi connectivity index (χ2n) is 4.39. The number of hydrogen-bond acceptors (Lipinski definition) is 4. The van der Waals surface area contributed by atoms with Gasteiger partial charge in [0.2, 0.25) is 5.91 Å². The Morgan fingerprint density at radius 1 is 1.37 bits per heavy atom. The molecular formula is C13H17N5O. The van der Waals surface area contributed by atoms with Crippen LogP contribution in [0.4, 0.5) is 0 Å². The molecule has 0 aliphatic carbocycles. The maximum atomic E-state index is 11.8. The van der Waals surface area contributed by atoms with Crippen molar-refractivity contribution in [2.75, 3.05) is 0 Å². The van der Waals surface area contributed by atoms with Crippen LogP contribution in [0.3, 0.4) is 0 Å². The van der Waals surface area contributed by atoms with Gasteiger partial charge in [-0.2, -0.15) is 0 Å². The molecule has 1 amide bonds. The van der Waals surface area contributed by atoms with Gasteiger partial charge < -0.3 is 5.32 Å². The van der Waals surface area contributed by atoms with E-state index in [9.17, 15) is 4.79 Å². The molecule has 0 fully saturated rings. The van der Waals surface area contributed by atoms with Gasteiger partial charge in [0, 0.05) is 0 Å². The zero-order valence-electron chi connectivity index (χ0n) is 11.1. The lowest BCUT2D eigenvalue weighted by Crippen LogP contribution is -2.30. The molecular weight excluding hydrogens is 242 g/mol. The van der Waals surface area contributed by atoms with Crippen LogP contribution in [0.15, 0.2) is 30.6 Å². The number of nitrogens with one attached hydrogen (secondary N) is 1. The maximum Gasteiger partial charge on any atom is 0.242 e. The van der Waals surface area contributed by atoms with Crippen molar-refractivity contribution in [2.45, 2.75) is 32.9 Å². The predicted molar refractivity (Wildman–Crippen MR) is 70.2 cm³/mol. The average molecular weight is 259 g/mol. The Balaban J connectivity index is 1.92. The van der Waals surface area contributed by atoms with E-state index in [1.165, 1.54) is 16.6 Å². The van der Waals surface area contributed by atoms with Crippen LogP contribution >= 0.6 is 0 Å². The fraction of sp³-hybridized carbons (Fsp3) is 0.385. The van der Waals surface area contributed by atoms with E-state index in [4.69, 9.17) is 0 Å². The molecule has 0 aliphatic rings. The molecule has 0 bridgehead atoms. The molecule has 1 aromatic carbocycles. The van der Waals surface area contributed by atoms with Crippen LogP contribution in [0.5, 0.6) is 0 Å². The van der Waals surface area contributed by atoms with Crippen molar-refractivity contribution in [1.29, 1.82) is 0 Å². The smallest absolute Gasteiger partial charge is 0.242 e. The molecule has 2 rings (SSSR count). The van der Waals surface area contributed by atoms with Gasteiger partial charge in [0.05, 0.1) is 6.04 Å². The van der Waals surface area contributed by atoms with Crippen LogP contribution in [0.2, 0.25) is 0 Å². The predicted octanol–water partition coefficient (Wildman–Crippen LogP) is 1.11. The molecule has 6 nitrogen and oxygen atoms in total. The second-order valence-corrected chi connectivity index (χ2v) is 4.39. The Morgan fingerprint density at radius 3 is 2.68 bits per heavy atom. The minimum absolute atomic E-state index is 0.0325. The van der Waals surface area contributed by atoms with Gasteiger partial charge in [-0.1, -0.05) is 31.2 Å². The Labute approximate surface area is 111 Å². The topological polar surface area (TPSA) is 72.7 Å². The molecule has 0 aliphatic heterocycles. The highest BCUT2D eigenvalue weighted by atomic mass is 16.2. The van der Waals surface area contributed by atoms with Gasteiger partial charge in [0.15, 0.2) is 0 Å². The minimum atomic E-state index is -0.112. The summed E-state index contributed by atoms with van der Waals surface area (Å²) in [6.45, 7) is 4.20. The molecule has 1 heterocycles. The zero-order valence-corrected chi connectivity index (χ0v) is 11.1. The van der Waals surface area contributed by atoms with Crippen molar-refractivity contribution in [3.8, 4) is 0 Å². The summed E-state index contributed by atoms with van der Waals surface area (Å²) in [5, 5.41) is 13.5. The van der Waals surface area contributed by atoms with E-state index >= 15 is 0 Å². The number of hydrogen-bond donors (Lipinski definition) is 1. The standard InChI is InChI=1S/C13H17N5O/c1-3-11-4-6-12(7-5-11)10(2)15-13(19)8-18-9-14-16-17-18/h4-7,9-10H,3,8H2,1-2H3,(H,15,19)/t10-/m1/s1. The van der Waals surface area contributed by atoms with E-state index in [2.05, 4.69) is 39.9 Å². The first-order chi connectivity index (χ1) is 9.19. The number of aromatic nitrogens is 4. The Hall–Kier alpha value is -2.24. The van der Waals surface area contributed by atoms with E-state index in [1.54, 1.807) is 0 Å². The Bertz CT molecular complexity index is 520. The normalized spacial score (nSPS) is 12.1. The van der Waals surface area contributed by atoms with Gasteiger partial charge in [0.25, 0.3) is 0 Å². The number of rotatable bonds is 5. The molecule has 1 atom stereocenters. The van der Waals surface area contributed by atoms with Crippen molar-refractivity contribution < 1.29 is 4.79 Å². The van der Waals surface area contributed by atoms with Gasteiger partial charge in [-0.25, -0.2) is 4.68 Å². The highest BCUT2D eigenvalue weighted by molar-refractivity contribution is 5.76. The molecule has 0 unspecified atom stereocenters. The minimum Gasteiger partial charge on any atom is -0.348 e. The molecule has 6 heteroatoms. The lowest BCUT2D eigenvalue weighted by atomic mass is 10.1. The van der Waals surface area contributed by atoms with E-state index in [1.807, 2.05) is 19.1 Å². The van der Waals surface area contributed by atoms with Crippen molar-refractivity contribution >= 4 is 5.91 Å². The summed E-state index contributed by atoms with van der Waals surface area (Å²) < 4.78 is 1.39. The third-order valence-corrected chi connectivity index (χ3v) is 2.96. The summed E-state index contributed by atoms with van der Waals surface area (Å²) >= 11 is 0. The van der Waals surface area contributed by atoms with E-state index in [0.29, 0.717) is 0 Å². The van der Waals surface area contributed by atoms with Crippen molar-refractivity contribution in [2.24, 2.45) is 0 Å². The van der Waals surface area contributed by atoms with Gasteiger partial charge >= 0.3 is 0 Å². The third-order valence-electron chi connectivity index (χ3n) is 2.96. The molecule has 0 saturated heterocycles. The first-order valence-corrected chi connectivity index (χ1v) is 6.28. The van der Waals surface area contributed by atoms with E-state index in [0.717, 1.165) is 12.0 Å². The monoisotopic (exact) mass is 259 g/mol. The molecule has 19 heavy (non-hydrogen) atoms. The van der Waals surface area contributed by atoms with Crippen LogP contribution in [0.1, 0.15) is 31.0 Å². The first-order valence-electron chi connectivity index (χ1n) is 6.28. The summed E-state index contributed by atoms with van der Waals surface area (Å²) in [4.78, 5) is 11.8. The third kappa shape index (κ3) is 3.61. The number of nitrogens with zero attached hydrogens (tertiary/aromatic N) is 4. The highest BCUT2D eigenvalue weighted by Crippen LogP contribution is 2.13. The van der Waals surface area contributed by atoms with Crippen LogP contribution < -0.4 is 5.32 Å². The Morgan fingerprint density at radius 2 is 2.11 bits per heavy atom. The van der Waals surface area contributed by atoms with E-state index in [-0.39, 0.29) is 18.5 Å². The molecule has 2 aromatic rings. The number of benzene rings is 1. The summed E-state index contributed by atoms with van der Waals surface area (Å²) in [7, 11) is 0. The number of carbonyl (C=O) groups is 1. The van der Waals surface area contributed by atoms with Crippen molar-refractivity contribution in [1.82, 2.24) is 25.5 Å². The van der Waals surface area contributed by atoms with Gasteiger partial charge in [0.1, 0.15) is 12.9 Å². The zero-order chi connectivity index (χ0) is 13.7. The van der Waals surface area contributed by atoms with Crippen LogP contribution in [-0.4, -0.2) is 26.1 Å². The SMILES string of the molecule is CCc1ccc([C@@H](C)NC(=O)Cn2cnnn2)cc1. The molecule has 0 spiro atoms. The molecule has 100 valence electrons. The highest BCUT2D eigenvalue weighted by Gasteiger charge is 2.10. The average Bonchev–Trinajstić information content (AvgIpc) is 2.91.